The van der Waals surface area contributed by atoms with Crippen LogP contribution in [-0.2, 0) is 26.0 Å². The predicted octanol–water partition coefficient (Wildman–Crippen LogP) is 1.23. The lowest BCUT2D eigenvalue weighted by Crippen LogP contribution is -2.30. The molecular formula is C14H19NO5S. The van der Waals surface area contributed by atoms with Gasteiger partial charge in [-0.25, -0.2) is 13.6 Å². The maximum Gasteiger partial charge on any atom is 0.312 e. The van der Waals surface area contributed by atoms with Gasteiger partial charge in [0.15, 0.2) is 0 Å². The van der Waals surface area contributed by atoms with Crippen LogP contribution < -0.4 is 9.88 Å². The van der Waals surface area contributed by atoms with Crippen molar-refractivity contribution in [3.63, 3.8) is 0 Å². The van der Waals surface area contributed by atoms with Crippen LogP contribution in [0.4, 0.5) is 0 Å². The summed E-state index contributed by atoms with van der Waals surface area (Å²) >= 11 is 0. The number of hydrogen-bond acceptors (Lipinski definition) is 5. The second kappa shape index (κ2) is 6.44. The van der Waals surface area contributed by atoms with E-state index in [9.17, 15) is 13.2 Å². The Morgan fingerprint density at radius 3 is 2.90 bits per heavy atom. The monoisotopic (exact) mass is 313 g/mol. The first kappa shape index (κ1) is 15.8. The fraction of sp³-hybridized carbons (Fsp3) is 0.500. The van der Waals surface area contributed by atoms with Crippen LogP contribution >= 0.6 is 0 Å². The van der Waals surface area contributed by atoms with Crippen molar-refractivity contribution in [3.05, 3.63) is 23.8 Å². The van der Waals surface area contributed by atoms with Gasteiger partial charge in [0.05, 0.1) is 17.4 Å². The molecule has 0 saturated heterocycles. The lowest BCUT2D eigenvalue weighted by molar-refractivity contribution is -0.150. The molecule has 2 N–H and O–H groups in total. The van der Waals surface area contributed by atoms with Crippen molar-refractivity contribution in [3.8, 4) is 5.75 Å². The molecule has 1 unspecified atom stereocenters. The summed E-state index contributed by atoms with van der Waals surface area (Å²) in [6.45, 7) is 2.66. The van der Waals surface area contributed by atoms with E-state index in [1.165, 1.54) is 12.1 Å². The number of benzene rings is 1. The van der Waals surface area contributed by atoms with Crippen LogP contribution in [0.25, 0.3) is 0 Å². The third-order valence-electron chi connectivity index (χ3n) is 3.34. The Labute approximate surface area is 124 Å². The van der Waals surface area contributed by atoms with Crippen molar-refractivity contribution in [2.24, 2.45) is 11.1 Å². The predicted molar refractivity (Wildman–Crippen MR) is 76.4 cm³/mol. The van der Waals surface area contributed by atoms with Crippen molar-refractivity contribution >= 4 is 16.0 Å². The fourth-order valence-corrected chi connectivity index (χ4v) is 2.70. The first-order valence-electron chi connectivity index (χ1n) is 6.87. The molecule has 0 aliphatic carbocycles. The summed E-state index contributed by atoms with van der Waals surface area (Å²) < 4.78 is 33.4. The highest BCUT2D eigenvalue weighted by molar-refractivity contribution is 7.89. The van der Waals surface area contributed by atoms with E-state index in [-0.39, 0.29) is 17.5 Å². The van der Waals surface area contributed by atoms with Crippen LogP contribution in [0.3, 0.4) is 0 Å². The first-order chi connectivity index (χ1) is 9.91. The van der Waals surface area contributed by atoms with Gasteiger partial charge in [-0.15, -0.1) is 0 Å². The highest BCUT2D eigenvalue weighted by atomic mass is 32.2. The molecule has 0 spiro atoms. The Hall–Kier alpha value is -1.60. The number of primary sulfonamides is 1. The maximum atomic E-state index is 11.9. The number of hydrogen-bond donors (Lipinski definition) is 1. The lowest BCUT2D eigenvalue weighted by Gasteiger charge is -2.24. The summed E-state index contributed by atoms with van der Waals surface area (Å²) in [5, 5.41) is 5.11. The molecule has 116 valence electrons. The van der Waals surface area contributed by atoms with Crippen LogP contribution in [-0.4, -0.2) is 27.6 Å². The number of nitrogens with two attached hydrogens (primary N) is 1. The minimum Gasteiger partial charge on any atom is -0.492 e. The Bertz CT molecular complexity index is 626. The van der Waals surface area contributed by atoms with Gasteiger partial charge in [0.2, 0.25) is 10.0 Å². The molecule has 2 rings (SSSR count). The zero-order valence-corrected chi connectivity index (χ0v) is 12.7. The lowest BCUT2D eigenvalue weighted by atomic mass is 9.97. The third-order valence-corrected chi connectivity index (χ3v) is 4.25. The third kappa shape index (κ3) is 3.95. The molecule has 1 aromatic carbocycles. The normalized spacial score (nSPS) is 17.7. The molecule has 0 saturated carbocycles. The average molecular weight is 313 g/mol. The molecule has 0 amide bonds. The number of sulfonamides is 1. The molecule has 21 heavy (non-hydrogen) atoms. The number of carbonyl (C=O) groups is 1. The van der Waals surface area contributed by atoms with Crippen LogP contribution in [0, 0.1) is 5.92 Å². The minimum atomic E-state index is -3.76. The van der Waals surface area contributed by atoms with Crippen molar-refractivity contribution in [2.45, 2.75) is 31.1 Å². The topological polar surface area (TPSA) is 95.7 Å². The van der Waals surface area contributed by atoms with Gasteiger partial charge in [-0.2, -0.15) is 0 Å². The zero-order valence-electron chi connectivity index (χ0n) is 11.9. The number of ether oxygens (including phenoxy) is 2. The largest absolute Gasteiger partial charge is 0.492 e. The molecular weight excluding hydrogens is 294 g/mol. The zero-order chi connectivity index (χ0) is 15.5. The van der Waals surface area contributed by atoms with E-state index in [1.54, 1.807) is 6.07 Å². The van der Waals surface area contributed by atoms with Gasteiger partial charge in [-0.05, 0) is 36.6 Å². The highest BCUT2D eigenvalue weighted by Crippen LogP contribution is 2.29. The molecule has 0 aromatic heterocycles. The van der Waals surface area contributed by atoms with Gasteiger partial charge in [0.25, 0.3) is 0 Å². The van der Waals surface area contributed by atoms with Gasteiger partial charge < -0.3 is 9.47 Å². The standard InChI is InChI=1S/C14H19NO5S/c1-2-3-6-19-14(16)11-7-10-8-12(21(15,17)18)4-5-13(10)20-9-11/h4-5,8,11H,2-3,6-7,9H2,1H3,(H2,15,17,18). The van der Waals surface area contributed by atoms with Gasteiger partial charge in [-0.3, -0.25) is 4.79 Å². The van der Waals surface area contributed by atoms with Gasteiger partial charge in [-0.1, -0.05) is 13.3 Å². The molecule has 1 heterocycles. The van der Waals surface area contributed by atoms with Crippen molar-refractivity contribution in [2.75, 3.05) is 13.2 Å². The van der Waals surface area contributed by atoms with Crippen LogP contribution in [0.5, 0.6) is 5.75 Å². The molecule has 0 fully saturated rings. The SMILES string of the molecule is CCCCOC(=O)C1COc2ccc(S(N)(=O)=O)cc2C1. The number of unbranched alkanes of at least 4 members (excludes halogenated alkanes) is 1. The maximum absolute atomic E-state index is 11.9. The van der Waals surface area contributed by atoms with E-state index < -0.39 is 15.9 Å². The summed E-state index contributed by atoms with van der Waals surface area (Å²) in [6, 6.07) is 4.41. The Morgan fingerprint density at radius 1 is 1.48 bits per heavy atom. The van der Waals surface area contributed by atoms with E-state index in [1.807, 2.05) is 6.92 Å². The van der Waals surface area contributed by atoms with E-state index >= 15 is 0 Å². The fourth-order valence-electron chi connectivity index (χ4n) is 2.13. The summed E-state index contributed by atoms with van der Waals surface area (Å²) in [5.41, 5.74) is 0.658. The summed E-state index contributed by atoms with van der Waals surface area (Å²) in [4.78, 5) is 11.9. The molecule has 1 aliphatic heterocycles. The van der Waals surface area contributed by atoms with Crippen LogP contribution in [0.1, 0.15) is 25.3 Å². The van der Waals surface area contributed by atoms with E-state index in [4.69, 9.17) is 14.6 Å². The minimum absolute atomic E-state index is 0.0184. The molecule has 1 aromatic rings. The van der Waals surface area contributed by atoms with Crippen molar-refractivity contribution < 1.29 is 22.7 Å². The smallest absolute Gasteiger partial charge is 0.312 e. The molecule has 0 radical (unpaired) electrons. The number of rotatable bonds is 5. The van der Waals surface area contributed by atoms with E-state index in [0.717, 1.165) is 12.8 Å². The van der Waals surface area contributed by atoms with Crippen LogP contribution in [0.2, 0.25) is 0 Å². The number of fused-ring (bicyclic) bond motifs is 1. The second-order valence-corrected chi connectivity index (χ2v) is 6.61. The Morgan fingerprint density at radius 2 is 2.24 bits per heavy atom. The summed E-state index contributed by atoms with van der Waals surface area (Å²) in [6.07, 6.45) is 2.17. The summed E-state index contributed by atoms with van der Waals surface area (Å²) in [7, 11) is -3.76. The molecule has 6 nitrogen and oxygen atoms in total. The molecule has 7 heteroatoms. The average Bonchev–Trinajstić information content (AvgIpc) is 2.45. The molecule has 0 bridgehead atoms. The number of carbonyl (C=O) groups excluding carboxylic acids is 1. The van der Waals surface area contributed by atoms with Crippen LogP contribution in [0.15, 0.2) is 23.1 Å². The van der Waals surface area contributed by atoms with E-state index in [2.05, 4.69) is 0 Å². The summed E-state index contributed by atoms with van der Waals surface area (Å²) in [5.74, 6) is -0.139. The van der Waals surface area contributed by atoms with Crippen molar-refractivity contribution in [1.82, 2.24) is 0 Å². The van der Waals surface area contributed by atoms with E-state index in [0.29, 0.717) is 24.3 Å². The number of esters is 1. The quantitative estimate of drug-likeness (QED) is 0.651. The molecule has 1 atom stereocenters. The van der Waals surface area contributed by atoms with Crippen molar-refractivity contribution in [1.29, 1.82) is 0 Å². The second-order valence-electron chi connectivity index (χ2n) is 5.05. The van der Waals surface area contributed by atoms with Gasteiger partial charge >= 0.3 is 5.97 Å². The highest BCUT2D eigenvalue weighted by Gasteiger charge is 2.28. The Balaban J connectivity index is 2.10. The Kier molecular flexibility index (Phi) is 4.84. The first-order valence-corrected chi connectivity index (χ1v) is 8.41. The van der Waals surface area contributed by atoms with Gasteiger partial charge in [0.1, 0.15) is 12.4 Å². The molecule has 1 aliphatic rings. The van der Waals surface area contributed by atoms with Gasteiger partial charge in [0, 0.05) is 0 Å².